The molecule has 2 aliphatic rings. The van der Waals surface area contributed by atoms with Crippen molar-refractivity contribution in [3.63, 3.8) is 0 Å². The van der Waals surface area contributed by atoms with Gasteiger partial charge in [0, 0.05) is 29.6 Å². The minimum Gasteiger partial charge on any atom is -0.366 e. The van der Waals surface area contributed by atoms with E-state index in [0.29, 0.717) is 35.7 Å². The molecule has 2 aromatic rings. The molecule has 32 heavy (non-hydrogen) atoms. The van der Waals surface area contributed by atoms with Crippen LogP contribution in [0.4, 0.5) is 13.2 Å². The van der Waals surface area contributed by atoms with E-state index in [0.717, 1.165) is 36.1 Å². The van der Waals surface area contributed by atoms with Crippen LogP contribution in [0.15, 0.2) is 24.4 Å². The van der Waals surface area contributed by atoms with Gasteiger partial charge in [0.05, 0.1) is 11.1 Å². The summed E-state index contributed by atoms with van der Waals surface area (Å²) in [6, 6.07) is 4.99. The topological polar surface area (TPSA) is 65.1 Å². The van der Waals surface area contributed by atoms with Crippen molar-refractivity contribution in [3.8, 4) is 5.69 Å². The molecule has 0 bridgehead atoms. The summed E-state index contributed by atoms with van der Waals surface area (Å²) in [4.78, 5) is 24.7. The minimum atomic E-state index is -4.62. The molecule has 1 fully saturated rings. The monoisotopic (exact) mass is 464 g/mol. The van der Waals surface area contributed by atoms with Crippen molar-refractivity contribution < 1.29 is 22.8 Å². The largest absolute Gasteiger partial charge is 0.418 e. The van der Waals surface area contributed by atoms with Gasteiger partial charge in [0.25, 0.3) is 0 Å². The van der Waals surface area contributed by atoms with Crippen molar-refractivity contribution in [1.29, 1.82) is 0 Å². The zero-order valence-electron chi connectivity index (χ0n) is 18.2. The Labute approximate surface area is 189 Å². The van der Waals surface area contributed by atoms with Gasteiger partial charge in [-0.25, -0.2) is 0 Å². The van der Waals surface area contributed by atoms with Crippen molar-refractivity contribution in [2.45, 2.75) is 52.1 Å². The van der Waals surface area contributed by atoms with Crippen LogP contribution in [0.2, 0.25) is 0 Å². The molecule has 1 aromatic carbocycles. The first-order chi connectivity index (χ1) is 15.0. The van der Waals surface area contributed by atoms with Gasteiger partial charge >= 0.3 is 6.18 Å². The number of thioether (sulfide) groups is 1. The van der Waals surface area contributed by atoms with Crippen LogP contribution in [-0.2, 0) is 19.0 Å². The number of benzene rings is 1. The fourth-order valence-corrected chi connectivity index (χ4v) is 6.12. The van der Waals surface area contributed by atoms with E-state index in [-0.39, 0.29) is 12.0 Å². The average Bonchev–Trinajstić information content (AvgIpc) is 3.07. The molecule has 0 atom stereocenters. The highest BCUT2D eigenvalue weighted by atomic mass is 32.2. The van der Waals surface area contributed by atoms with Crippen molar-refractivity contribution in [2.75, 3.05) is 11.5 Å². The molecule has 1 aliphatic carbocycles. The molecular formula is C24H27F3N2O2S. The summed E-state index contributed by atoms with van der Waals surface area (Å²) < 4.78 is 42.9. The second kappa shape index (κ2) is 8.28. The van der Waals surface area contributed by atoms with E-state index in [4.69, 9.17) is 5.73 Å². The lowest BCUT2D eigenvalue weighted by Crippen LogP contribution is -2.29. The molecule has 1 aliphatic heterocycles. The summed E-state index contributed by atoms with van der Waals surface area (Å²) in [6.45, 7) is 3.78. The maximum Gasteiger partial charge on any atom is 0.418 e. The Bertz CT molecular complexity index is 1070. The van der Waals surface area contributed by atoms with Crippen molar-refractivity contribution in [1.82, 2.24) is 4.57 Å². The standard InChI is InChI=1S/C24H27F3N2O2S/c1-23(2)11-19-21(20(30)12-23)18(24(25,26)27)13-29(19)16-3-4-17(22(28)31)15(10-16)9-14-5-7-32-8-6-14/h3-4,10,13-14H,5-9,11-12H2,1-2H3,(H2,28,31). The predicted octanol–water partition coefficient (Wildman–Crippen LogP) is 5.44. The Balaban J connectivity index is 1.83. The number of Topliss-reactive ketones (excluding diaryl/α,β-unsaturated/α-hetero) is 1. The number of amides is 1. The van der Waals surface area contributed by atoms with Crippen LogP contribution in [0.5, 0.6) is 0 Å². The second-order valence-electron chi connectivity index (χ2n) is 9.64. The van der Waals surface area contributed by atoms with Crippen LogP contribution in [0.25, 0.3) is 5.69 Å². The van der Waals surface area contributed by atoms with Gasteiger partial charge in [-0.15, -0.1) is 0 Å². The fraction of sp³-hybridized carbons (Fsp3) is 0.500. The van der Waals surface area contributed by atoms with Crippen molar-refractivity contribution in [3.05, 3.63) is 52.3 Å². The van der Waals surface area contributed by atoms with E-state index >= 15 is 0 Å². The van der Waals surface area contributed by atoms with Gasteiger partial charge in [-0.3, -0.25) is 9.59 Å². The van der Waals surface area contributed by atoms with E-state index in [1.165, 1.54) is 4.57 Å². The molecule has 4 nitrogen and oxygen atoms in total. The van der Waals surface area contributed by atoms with Gasteiger partial charge in [0.15, 0.2) is 5.78 Å². The number of carbonyl (C=O) groups is 2. The Hall–Kier alpha value is -2.22. The lowest BCUT2D eigenvalue weighted by molar-refractivity contribution is -0.137. The molecular weight excluding hydrogens is 437 g/mol. The lowest BCUT2D eigenvalue weighted by atomic mass is 9.75. The normalized spacial score (nSPS) is 19.1. The number of ketones is 1. The summed E-state index contributed by atoms with van der Waals surface area (Å²) in [5, 5.41) is 0. The second-order valence-corrected chi connectivity index (χ2v) is 10.9. The molecule has 0 saturated carbocycles. The molecule has 172 valence electrons. The quantitative estimate of drug-likeness (QED) is 0.656. The number of alkyl halides is 3. The van der Waals surface area contributed by atoms with Gasteiger partial charge in [-0.2, -0.15) is 24.9 Å². The summed E-state index contributed by atoms with van der Waals surface area (Å²) in [7, 11) is 0. The summed E-state index contributed by atoms with van der Waals surface area (Å²) in [5.41, 5.74) is 6.11. The SMILES string of the molecule is CC1(C)CC(=O)c2c(C(F)(F)F)cn(-c3ccc(C(N)=O)c(CC4CCSCC4)c3)c2C1. The van der Waals surface area contributed by atoms with Crippen LogP contribution >= 0.6 is 11.8 Å². The molecule has 2 heterocycles. The average molecular weight is 465 g/mol. The van der Waals surface area contributed by atoms with E-state index in [2.05, 4.69) is 0 Å². The van der Waals surface area contributed by atoms with Gasteiger partial charge in [0.2, 0.25) is 5.91 Å². The number of hydrogen-bond acceptors (Lipinski definition) is 3. The fourth-order valence-electron chi connectivity index (χ4n) is 4.92. The molecule has 8 heteroatoms. The molecule has 0 unspecified atom stereocenters. The van der Waals surface area contributed by atoms with Crippen LogP contribution in [0.1, 0.15) is 70.6 Å². The molecule has 1 amide bonds. The van der Waals surface area contributed by atoms with Crippen LogP contribution in [-0.4, -0.2) is 27.8 Å². The number of aromatic nitrogens is 1. The molecule has 2 N–H and O–H groups in total. The number of hydrogen-bond donors (Lipinski definition) is 1. The highest BCUT2D eigenvalue weighted by Gasteiger charge is 2.43. The molecule has 4 rings (SSSR count). The number of halogens is 3. The first-order valence-electron chi connectivity index (χ1n) is 10.8. The van der Waals surface area contributed by atoms with Crippen LogP contribution in [0.3, 0.4) is 0 Å². The Morgan fingerprint density at radius 1 is 1.22 bits per heavy atom. The number of nitrogens with zero attached hydrogens (tertiary/aromatic N) is 1. The summed E-state index contributed by atoms with van der Waals surface area (Å²) in [6.07, 6.45) is -0.422. The predicted molar refractivity (Wildman–Crippen MR) is 119 cm³/mol. The van der Waals surface area contributed by atoms with Gasteiger partial charge in [0.1, 0.15) is 0 Å². The van der Waals surface area contributed by atoms with E-state index < -0.39 is 28.8 Å². The summed E-state index contributed by atoms with van der Waals surface area (Å²) >= 11 is 1.91. The maximum atomic E-state index is 13.8. The molecule has 1 saturated heterocycles. The number of primary amides is 1. The lowest BCUT2D eigenvalue weighted by Gasteiger charge is -2.30. The number of nitrogens with two attached hydrogens (primary N) is 1. The highest BCUT2D eigenvalue weighted by molar-refractivity contribution is 7.99. The first-order valence-corrected chi connectivity index (χ1v) is 12.0. The molecule has 1 aromatic heterocycles. The van der Waals surface area contributed by atoms with Crippen molar-refractivity contribution >= 4 is 23.5 Å². The zero-order valence-corrected chi connectivity index (χ0v) is 19.0. The maximum absolute atomic E-state index is 13.8. The number of fused-ring (bicyclic) bond motifs is 1. The Kier molecular flexibility index (Phi) is 5.94. The van der Waals surface area contributed by atoms with Crippen LogP contribution in [0, 0.1) is 11.3 Å². The third-order valence-electron chi connectivity index (χ3n) is 6.46. The van der Waals surface area contributed by atoms with Crippen molar-refractivity contribution in [2.24, 2.45) is 17.1 Å². The van der Waals surface area contributed by atoms with Gasteiger partial charge in [-0.1, -0.05) is 13.8 Å². The van der Waals surface area contributed by atoms with E-state index in [9.17, 15) is 22.8 Å². The smallest absolute Gasteiger partial charge is 0.366 e. The van der Waals surface area contributed by atoms with Crippen LogP contribution < -0.4 is 5.73 Å². The molecule has 0 radical (unpaired) electrons. The zero-order chi connectivity index (χ0) is 23.3. The third-order valence-corrected chi connectivity index (χ3v) is 7.51. The van der Waals surface area contributed by atoms with E-state index in [1.807, 2.05) is 25.6 Å². The number of carbonyl (C=O) groups excluding carboxylic acids is 2. The van der Waals surface area contributed by atoms with Gasteiger partial charge in [-0.05, 0) is 72.3 Å². The minimum absolute atomic E-state index is 0.0820. The third kappa shape index (κ3) is 4.47. The Morgan fingerprint density at radius 2 is 1.91 bits per heavy atom. The van der Waals surface area contributed by atoms with Gasteiger partial charge < -0.3 is 10.3 Å². The van der Waals surface area contributed by atoms with E-state index in [1.54, 1.807) is 18.2 Å². The number of rotatable bonds is 4. The summed E-state index contributed by atoms with van der Waals surface area (Å²) in [5.74, 6) is 1.52. The highest BCUT2D eigenvalue weighted by Crippen LogP contribution is 2.43. The molecule has 0 spiro atoms. The first kappa shape index (κ1) is 23.0. The Morgan fingerprint density at radius 3 is 2.53 bits per heavy atom.